The van der Waals surface area contributed by atoms with Crippen LogP contribution in [0, 0.1) is 10.1 Å². The first-order valence-corrected chi connectivity index (χ1v) is 7.61. The van der Waals surface area contributed by atoms with Crippen molar-refractivity contribution in [3.8, 4) is 0 Å². The molecular weight excluding hydrogens is 320 g/mol. The molecule has 2 aliphatic rings. The van der Waals surface area contributed by atoms with Gasteiger partial charge in [0.25, 0.3) is 5.91 Å². The van der Waals surface area contributed by atoms with Crippen molar-refractivity contribution < 1.29 is 19.3 Å². The molecule has 128 valence electrons. The summed E-state index contributed by atoms with van der Waals surface area (Å²) in [4.78, 5) is 51.4. The summed E-state index contributed by atoms with van der Waals surface area (Å²) in [6.07, 6.45) is 4.63. The number of imide groups is 1. The molecule has 24 heavy (non-hydrogen) atoms. The molecule has 1 N–H and O–H groups in total. The lowest BCUT2D eigenvalue weighted by molar-refractivity contribution is -0.394. The van der Waals surface area contributed by atoms with E-state index in [1.807, 2.05) is 0 Å². The predicted molar refractivity (Wildman–Crippen MR) is 77.4 cm³/mol. The number of hydrogen-bond acceptors (Lipinski definition) is 7. The molecule has 2 fully saturated rings. The highest BCUT2D eigenvalue weighted by Crippen LogP contribution is 2.35. The van der Waals surface area contributed by atoms with Crippen LogP contribution in [0.5, 0.6) is 0 Å². The standard InChI is InChI=1S/C13H16N6O5/c20-9-6-18(13(11(22)15-9)4-2-1-3-5-13)10(21)7-17-8-14-12(16-17)19(23)24/h8H,1-7H2,(H,15,20,22). The highest BCUT2D eigenvalue weighted by molar-refractivity contribution is 6.06. The second-order valence-corrected chi connectivity index (χ2v) is 5.95. The number of carbonyl (C=O) groups excluding carboxylic acids is 3. The molecule has 1 spiro atoms. The zero-order valence-corrected chi connectivity index (χ0v) is 12.8. The number of rotatable bonds is 3. The Morgan fingerprint density at radius 1 is 1.33 bits per heavy atom. The van der Waals surface area contributed by atoms with E-state index in [9.17, 15) is 24.5 Å². The Kier molecular flexibility index (Phi) is 3.99. The van der Waals surface area contributed by atoms with Gasteiger partial charge in [0.15, 0.2) is 0 Å². The lowest BCUT2D eigenvalue weighted by Crippen LogP contribution is -2.69. The molecule has 11 nitrogen and oxygen atoms in total. The van der Waals surface area contributed by atoms with Gasteiger partial charge in [-0.15, -0.1) is 0 Å². The van der Waals surface area contributed by atoms with Crippen molar-refractivity contribution in [2.75, 3.05) is 6.54 Å². The highest BCUT2D eigenvalue weighted by Gasteiger charge is 2.50. The molecule has 3 rings (SSSR count). The maximum atomic E-state index is 12.6. The fraction of sp³-hybridized carbons (Fsp3) is 0.615. The Labute approximate surface area is 136 Å². The fourth-order valence-corrected chi connectivity index (χ4v) is 3.33. The number of nitrogens with zero attached hydrogens (tertiary/aromatic N) is 5. The van der Waals surface area contributed by atoms with Crippen molar-refractivity contribution in [1.29, 1.82) is 0 Å². The molecule has 1 saturated carbocycles. The van der Waals surface area contributed by atoms with Crippen LogP contribution in [0.25, 0.3) is 0 Å². The Balaban J connectivity index is 1.83. The summed E-state index contributed by atoms with van der Waals surface area (Å²) in [5, 5.41) is 16.5. The van der Waals surface area contributed by atoms with E-state index in [0.29, 0.717) is 12.8 Å². The van der Waals surface area contributed by atoms with Gasteiger partial charge < -0.3 is 15.0 Å². The van der Waals surface area contributed by atoms with E-state index in [4.69, 9.17) is 0 Å². The third-order valence-electron chi connectivity index (χ3n) is 4.46. The topological polar surface area (TPSA) is 140 Å². The molecule has 0 unspecified atom stereocenters. The molecular formula is C13H16N6O5. The van der Waals surface area contributed by atoms with E-state index >= 15 is 0 Å². The number of aromatic nitrogens is 3. The summed E-state index contributed by atoms with van der Waals surface area (Å²) in [5.74, 6) is -2.08. The van der Waals surface area contributed by atoms with E-state index in [1.165, 1.54) is 4.90 Å². The minimum atomic E-state index is -1.02. The van der Waals surface area contributed by atoms with Gasteiger partial charge >= 0.3 is 5.95 Å². The number of amides is 3. The minimum absolute atomic E-state index is 0.207. The van der Waals surface area contributed by atoms with Crippen LogP contribution < -0.4 is 5.32 Å². The van der Waals surface area contributed by atoms with Gasteiger partial charge in [0, 0.05) is 5.10 Å². The number of nitro groups is 1. The van der Waals surface area contributed by atoms with Gasteiger partial charge in [-0.1, -0.05) is 24.2 Å². The largest absolute Gasteiger partial charge is 0.490 e. The van der Waals surface area contributed by atoms with Crippen LogP contribution in [0.15, 0.2) is 6.33 Å². The first-order valence-electron chi connectivity index (χ1n) is 7.61. The first kappa shape index (κ1) is 16.0. The van der Waals surface area contributed by atoms with Gasteiger partial charge in [-0.05, 0) is 17.8 Å². The first-order chi connectivity index (χ1) is 11.4. The normalized spacial score (nSPS) is 20.1. The number of nitrogens with one attached hydrogen (secondary N) is 1. The van der Waals surface area contributed by atoms with Gasteiger partial charge in [0.1, 0.15) is 18.6 Å². The molecule has 1 aliphatic heterocycles. The summed E-state index contributed by atoms with van der Waals surface area (Å²) < 4.78 is 1.04. The Hall–Kier alpha value is -2.85. The highest BCUT2D eigenvalue weighted by atomic mass is 16.6. The zero-order chi connectivity index (χ0) is 17.3. The summed E-state index contributed by atoms with van der Waals surface area (Å²) in [5.41, 5.74) is -1.02. The van der Waals surface area contributed by atoms with Crippen LogP contribution in [-0.4, -0.2) is 54.4 Å². The molecule has 11 heteroatoms. The molecule has 0 aromatic carbocycles. The van der Waals surface area contributed by atoms with Crippen molar-refractivity contribution in [2.45, 2.75) is 44.2 Å². The van der Waals surface area contributed by atoms with Gasteiger partial charge in [-0.2, -0.15) is 4.68 Å². The second-order valence-electron chi connectivity index (χ2n) is 5.95. The van der Waals surface area contributed by atoms with Crippen LogP contribution in [0.4, 0.5) is 5.95 Å². The molecule has 1 aliphatic carbocycles. The molecule has 0 atom stereocenters. The summed E-state index contributed by atoms with van der Waals surface area (Å²) in [6.45, 7) is -0.523. The summed E-state index contributed by atoms with van der Waals surface area (Å²) >= 11 is 0. The van der Waals surface area contributed by atoms with Crippen LogP contribution in [0.2, 0.25) is 0 Å². The molecule has 0 bridgehead atoms. The van der Waals surface area contributed by atoms with Gasteiger partial charge in [-0.25, -0.2) is 0 Å². The summed E-state index contributed by atoms with van der Waals surface area (Å²) in [7, 11) is 0. The summed E-state index contributed by atoms with van der Waals surface area (Å²) in [6, 6.07) is 0. The van der Waals surface area contributed by atoms with Crippen LogP contribution >= 0.6 is 0 Å². The molecule has 1 aromatic heterocycles. The predicted octanol–water partition coefficient (Wildman–Crippen LogP) is -0.626. The Morgan fingerprint density at radius 3 is 2.67 bits per heavy atom. The molecule has 1 saturated heterocycles. The minimum Gasteiger partial charge on any atom is -0.390 e. The van der Waals surface area contributed by atoms with Gasteiger partial charge in [0.2, 0.25) is 18.1 Å². The van der Waals surface area contributed by atoms with E-state index in [1.54, 1.807) is 0 Å². The van der Waals surface area contributed by atoms with Crippen LogP contribution in [0.1, 0.15) is 32.1 Å². The number of hydrogen-bond donors (Lipinski definition) is 1. The van der Waals surface area contributed by atoms with E-state index < -0.39 is 34.1 Å². The average molecular weight is 336 g/mol. The van der Waals surface area contributed by atoms with Crippen molar-refractivity contribution in [2.24, 2.45) is 0 Å². The maximum Gasteiger partial charge on any atom is 0.490 e. The Morgan fingerprint density at radius 2 is 2.04 bits per heavy atom. The van der Waals surface area contributed by atoms with Crippen molar-refractivity contribution in [3.63, 3.8) is 0 Å². The van der Waals surface area contributed by atoms with Gasteiger partial charge in [-0.3, -0.25) is 19.7 Å². The van der Waals surface area contributed by atoms with Crippen molar-refractivity contribution >= 4 is 23.7 Å². The SMILES string of the molecule is O=C1CN(C(=O)Cn2cnc([N+](=O)[O-])n2)C2(CCCCC2)C(=O)N1. The maximum absolute atomic E-state index is 12.6. The average Bonchev–Trinajstić information content (AvgIpc) is 3.01. The third kappa shape index (κ3) is 2.72. The van der Waals surface area contributed by atoms with Gasteiger partial charge in [0.05, 0.1) is 0 Å². The lowest BCUT2D eigenvalue weighted by atomic mass is 9.78. The zero-order valence-electron chi connectivity index (χ0n) is 12.8. The monoisotopic (exact) mass is 336 g/mol. The smallest absolute Gasteiger partial charge is 0.390 e. The molecule has 1 aromatic rings. The molecule has 3 amide bonds. The lowest BCUT2D eigenvalue weighted by Gasteiger charge is -2.47. The second kappa shape index (κ2) is 5.98. The van der Waals surface area contributed by atoms with E-state index in [2.05, 4.69) is 15.4 Å². The van der Waals surface area contributed by atoms with Crippen LogP contribution in [-0.2, 0) is 20.9 Å². The van der Waals surface area contributed by atoms with E-state index in [-0.39, 0.29) is 13.1 Å². The number of carbonyl (C=O) groups is 3. The third-order valence-corrected chi connectivity index (χ3v) is 4.46. The van der Waals surface area contributed by atoms with Crippen molar-refractivity contribution in [1.82, 2.24) is 25.0 Å². The number of piperazine rings is 1. The molecule has 2 heterocycles. The Bertz CT molecular complexity index is 707. The van der Waals surface area contributed by atoms with E-state index in [0.717, 1.165) is 30.3 Å². The fourth-order valence-electron chi connectivity index (χ4n) is 3.33. The quantitative estimate of drug-likeness (QED) is 0.440. The van der Waals surface area contributed by atoms with Crippen LogP contribution in [0.3, 0.4) is 0 Å². The van der Waals surface area contributed by atoms with Crippen molar-refractivity contribution in [3.05, 3.63) is 16.4 Å². The molecule has 0 radical (unpaired) electrons.